The van der Waals surface area contributed by atoms with Crippen LogP contribution >= 0.6 is 0 Å². The molecule has 0 saturated heterocycles. The number of benzene rings is 1. The highest BCUT2D eigenvalue weighted by molar-refractivity contribution is 6.09. The van der Waals surface area contributed by atoms with Gasteiger partial charge in [0.15, 0.2) is 5.60 Å². The SMILES string of the molecule is CCCCCCCCCCN1C(=O)C(O)(CC(C)=O)c2cccc(C)c21. The van der Waals surface area contributed by atoms with Crippen molar-refractivity contribution in [2.45, 2.75) is 84.2 Å². The van der Waals surface area contributed by atoms with Crippen LogP contribution in [0.2, 0.25) is 0 Å². The average molecular weight is 360 g/mol. The van der Waals surface area contributed by atoms with Gasteiger partial charge in [-0.25, -0.2) is 0 Å². The number of anilines is 1. The zero-order valence-electron chi connectivity index (χ0n) is 16.5. The summed E-state index contributed by atoms with van der Waals surface area (Å²) in [7, 11) is 0. The standard InChI is InChI=1S/C22H33NO3/c1-4-5-6-7-8-9-10-11-15-23-20-17(2)13-12-14-19(20)22(26,21(23)25)16-18(3)24/h12-14,26H,4-11,15-16H2,1-3H3. The molecule has 1 aromatic carbocycles. The second-order valence-electron chi connectivity index (χ2n) is 7.64. The molecule has 2 rings (SSSR count). The minimum Gasteiger partial charge on any atom is -0.375 e. The molecule has 1 aliphatic heterocycles. The maximum Gasteiger partial charge on any atom is 0.264 e. The average Bonchev–Trinajstić information content (AvgIpc) is 2.79. The van der Waals surface area contributed by atoms with E-state index in [1.165, 1.54) is 45.4 Å². The molecule has 4 nitrogen and oxygen atoms in total. The van der Waals surface area contributed by atoms with Crippen molar-refractivity contribution in [2.75, 3.05) is 11.4 Å². The molecule has 144 valence electrons. The van der Waals surface area contributed by atoms with Crippen LogP contribution in [0.25, 0.3) is 0 Å². The Morgan fingerprint density at radius 1 is 1.08 bits per heavy atom. The fourth-order valence-electron chi connectivity index (χ4n) is 3.94. The molecule has 4 heteroatoms. The first kappa shape index (κ1) is 20.6. The molecule has 1 unspecified atom stereocenters. The predicted octanol–water partition coefficient (Wildman–Crippen LogP) is 4.65. The molecule has 0 spiro atoms. The third-order valence-corrected chi connectivity index (χ3v) is 5.29. The van der Waals surface area contributed by atoms with E-state index in [9.17, 15) is 14.7 Å². The van der Waals surface area contributed by atoms with Crippen LogP contribution in [0.3, 0.4) is 0 Å². The topological polar surface area (TPSA) is 57.6 Å². The number of carbonyl (C=O) groups excluding carboxylic acids is 2. The fraction of sp³-hybridized carbons (Fsp3) is 0.636. The van der Waals surface area contributed by atoms with Crippen molar-refractivity contribution in [3.05, 3.63) is 29.3 Å². The summed E-state index contributed by atoms with van der Waals surface area (Å²) in [5.41, 5.74) is 0.643. The van der Waals surface area contributed by atoms with Crippen LogP contribution in [0.15, 0.2) is 18.2 Å². The van der Waals surface area contributed by atoms with Crippen LogP contribution in [0, 0.1) is 6.92 Å². The Hall–Kier alpha value is -1.68. The molecule has 0 radical (unpaired) electrons. The van der Waals surface area contributed by atoms with Gasteiger partial charge in [-0.2, -0.15) is 0 Å². The Morgan fingerprint density at radius 2 is 1.69 bits per heavy atom. The zero-order valence-corrected chi connectivity index (χ0v) is 16.5. The van der Waals surface area contributed by atoms with Crippen LogP contribution in [-0.2, 0) is 15.2 Å². The summed E-state index contributed by atoms with van der Waals surface area (Å²) in [6.07, 6.45) is 9.46. The van der Waals surface area contributed by atoms with E-state index in [2.05, 4.69) is 6.92 Å². The number of unbranched alkanes of at least 4 members (excludes halogenated alkanes) is 7. The van der Waals surface area contributed by atoms with Gasteiger partial charge in [0.25, 0.3) is 5.91 Å². The molecule has 0 bridgehead atoms. The van der Waals surface area contributed by atoms with Crippen LogP contribution in [0.4, 0.5) is 5.69 Å². The first-order chi connectivity index (χ1) is 12.4. The number of carbonyl (C=O) groups is 2. The third kappa shape index (κ3) is 4.53. The number of Topliss-reactive ketones (excluding diaryl/α,β-unsaturated/α-hetero) is 1. The van der Waals surface area contributed by atoms with Crippen molar-refractivity contribution >= 4 is 17.4 Å². The van der Waals surface area contributed by atoms with E-state index in [1.807, 2.05) is 19.1 Å². The summed E-state index contributed by atoms with van der Waals surface area (Å²) < 4.78 is 0. The Bertz CT molecular complexity index is 640. The maximum atomic E-state index is 12.9. The van der Waals surface area contributed by atoms with Crippen molar-refractivity contribution in [3.8, 4) is 0 Å². The van der Waals surface area contributed by atoms with Gasteiger partial charge in [0.1, 0.15) is 5.78 Å². The predicted molar refractivity (Wildman–Crippen MR) is 105 cm³/mol. The summed E-state index contributed by atoms with van der Waals surface area (Å²) in [6, 6.07) is 5.57. The number of fused-ring (bicyclic) bond motifs is 1. The lowest BCUT2D eigenvalue weighted by atomic mass is 9.89. The van der Waals surface area contributed by atoms with Gasteiger partial charge in [-0.1, -0.05) is 70.1 Å². The van der Waals surface area contributed by atoms with Gasteiger partial charge in [0, 0.05) is 18.5 Å². The quantitative estimate of drug-likeness (QED) is 0.585. The van der Waals surface area contributed by atoms with Gasteiger partial charge >= 0.3 is 0 Å². The highest BCUT2D eigenvalue weighted by Gasteiger charge is 2.50. The normalized spacial score (nSPS) is 19.1. The highest BCUT2D eigenvalue weighted by Crippen LogP contribution is 2.44. The number of hydrogen-bond acceptors (Lipinski definition) is 3. The van der Waals surface area contributed by atoms with Crippen LogP contribution in [-0.4, -0.2) is 23.3 Å². The summed E-state index contributed by atoms with van der Waals surface area (Å²) >= 11 is 0. The van der Waals surface area contributed by atoms with E-state index in [0.717, 1.165) is 24.1 Å². The minimum absolute atomic E-state index is 0.157. The lowest BCUT2D eigenvalue weighted by Crippen LogP contribution is -2.42. The molecule has 1 aromatic rings. The largest absolute Gasteiger partial charge is 0.375 e. The Balaban J connectivity index is 1.99. The van der Waals surface area contributed by atoms with Crippen molar-refractivity contribution in [3.63, 3.8) is 0 Å². The zero-order chi connectivity index (χ0) is 19.2. The first-order valence-electron chi connectivity index (χ1n) is 10.1. The Kier molecular flexibility index (Phi) is 7.39. The number of amides is 1. The van der Waals surface area contributed by atoms with Gasteiger partial charge in [0.2, 0.25) is 0 Å². The van der Waals surface area contributed by atoms with Crippen molar-refractivity contribution in [2.24, 2.45) is 0 Å². The fourth-order valence-corrected chi connectivity index (χ4v) is 3.94. The van der Waals surface area contributed by atoms with Gasteiger partial charge in [-0.15, -0.1) is 0 Å². The molecular formula is C22H33NO3. The molecule has 1 heterocycles. The molecule has 0 aromatic heterocycles. The molecule has 1 amide bonds. The maximum absolute atomic E-state index is 12.9. The van der Waals surface area contributed by atoms with E-state index in [1.54, 1.807) is 11.0 Å². The molecule has 1 N–H and O–H groups in total. The van der Waals surface area contributed by atoms with E-state index < -0.39 is 5.60 Å². The minimum atomic E-state index is -1.70. The molecule has 0 aliphatic carbocycles. The number of rotatable bonds is 11. The number of nitrogens with zero attached hydrogens (tertiary/aromatic N) is 1. The smallest absolute Gasteiger partial charge is 0.264 e. The number of para-hydroxylation sites is 1. The van der Waals surface area contributed by atoms with Gasteiger partial charge in [-0.05, 0) is 25.8 Å². The van der Waals surface area contributed by atoms with Gasteiger partial charge in [-0.3, -0.25) is 9.59 Å². The Labute approximate surface area is 157 Å². The second-order valence-corrected chi connectivity index (χ2v) is 7.64. The van der Waals surface area contributed by atoms with Crippen LogP contribution in [0.5, 0.6) is 0 Å². The van der Waals surface area contributed by atoms with E-state index >= 15 is 0 Å². The van der Waals surface area contributed by atoms with Crippen molar-refractivity contribution in [1.82, 2.24) is 0 Å². The lowest BCUT2D eigenvalue weighted by molar-refractivity contribution is -0.141. The van der Waals surface area contributed by atoms with Crippen LogP contribution in [0.1, 0.15) is 82.8 Å². The first-order valence-corrected chi connectivity index (χ1v) is 10.1. The summed E-state index contributed by atoms with van der Waals surface area (Å²) in [5, 5.41) is 11.0. The Morgan fingerprint density at radius 3 is 2.31 bits per heavy atom. The molecule has 1 atom stereocenters. The summed E-state index contributed by atoms with van der Waals surface area (Å²) in [4.78, 5) is 26.3. The number of hydrogen-bond donors (Lipinski definition) is 1. The molecule has 0 saturated carbocycles. The van der Waals surface area contributed by atoms with Crippen molar-refractivity contribution < 1.29 is 14.7 Å². The molecular weight excluding hydrogens is 326 g/mol. The molecule has 0 fully saturated rings. The molecule has 26 heavy (non-hydrogen) atoms. The van der Waals surface area contributed by atoms with Crippen molar-refractivity contribution in [1.29, 1.82) is 0 Å². The third-order valence-electron chi connectivity index (χ3n) is 5.29. The summed E-state index contributed by atoms with van der Waals surface area (Å²) in [5.74, 6) is -0.526. The lowest BCUT2D eigenvalue weighted by Gasteiger charge is -2.22. The van der Waals surface area contributed by atoms with E-state index in [0.29, 0.717) is 12.1 Å². The summed E-state index contributed by atoms with van der Waals surface area (Å²) in [6.45, 7) is 6.19. The molecule has 1 aliphatic rings. The van der Waals surface area contributed by atoms with E-state index in [-0.39, 0.29) is 18.1 Å². The van der Waals surface area contributed by atoms with Crippen LogP contribution < -0.4 is 4.90 Å². The number of aliphatic hydroxyl groups is 1. The second kappa shape index (κ2) is 9.31. The monoisotopic (exact) mass is 359 g/mol. The number of ketones is 1. The van der Waals surface area contributed by atoms with Gasteiger partial charge < -0.3 is 10.0 Å². The van der Waals surface area contributed by atoms with E-state index in [4.69, 9.17) is 0 Å². The number of aryl methyl sites for hydroxylation is 1. The van der Waals surface area contributed by atoms with Gasteiger partial charge in [0.05, 0.1) is 5.69 Å². The highest BCUT2D eigenvalue weighted by atomic mass is 16.3.